The maximum atomic E-state index is 14.6. The average Bonchev–Trinajstić information content (AvgIpc) is 3.28. The lowest BCUT2D eigenvalue weighted by atomic mass is 10.0. The summed E-state index contributed by atoms with van der Waals surface area (Å²) in [5.74, 6) is -0.956. The number of carbonyl (C=O) groups is 1. The smallest absolute Gasteiger partial charge is 0.266 e. The van der Waals surface area contributed by atoms with Gasteiger partial charge in [0.2, 0.25) is 5.91 Å². The number of carbonyl (C=O) groups excluding carboxylic acids is 1. The number of benzene rings is 1. The van der Waals surface area contributed by atoms with Crippen LogP contribution >= 0.6 is 0 Å². The molecule has 32 heavy (non-hydrogen) atoms. The molecule has 0 radical (unpaired) electrons. The number of nitrogens with zero attached hydrogens (tertiary/aromatic N) is 2. The van der Waals surface area contributed by atoms with Crippen molar-refractivity contribution in [2.24, 2.45) is 0 Å². The Kier molecular flexibility index (Phi) is 8.18. The highest BCUT2D eigenvalue weighted by molar-refractivity contribution is 5.78. The fraction of sp³-hybridized carbons (Fsp3) is 0.409. The van der Waals surface area contributed by atoms with Gasteiger partial charge < -0.3 is 20.1 Å². The summed E-state index contributed by atoms with van der Waals surface area (Å²) in [5, 5.41) is 5.80. The van der Waals surface area contributed by atoms with Gasteiger partial charge in [-0.05, 0) is 13.3 Å². The van der Waals surface area contributed by atoms with Crippen molar-refractivity contribution in [3.05, 3.63) is 65.4 Å². The van der Waals surface area contributed by atoms with E-state index in [1.54, 1.807) is 13.0 Å². The average molecular weight is 450 g/mol. The predicted octanol–water partition coefficient (Wildman–Crippen LogP) is 4.01. The van der Waals surface area contributed by atoms with Crippen molar-refractivity contribution in [2.75, 3.05) is 25.1 Å². The first-order valence-corrected chi connectivity index (χ1v) is 10.2. The molecule has 1 fully saturated rings. The quantitative estimate of drug-likeness (QED) is 0.420. The lowest BCUT2D eigenvalue weighted by molar-refractivity contribution is -0.120. The van der Waals surface area contributed by atoms with Crippen LogP contribution in [0.4, 0.5) is 19.0 Å². The monoisotopic (exact) mass is 450 g/mol. The van der Waals surface area contributed by atoms with Gasteiger partial charge in [-0.15, -0.1) is 6.58 Å². The normalized spacial score (nSPS) is 15.0. The summed E-state index contributed by atoms with van der Waals surface area (Å²) in [6.07, 6.45) is -0.183. The van der Waals surface area contributed by atoms with Gasteiger partial charge in [-0.2, -0.15) is 0 Å². The minimum absolute atomic E-state index is 0.0451. The number of hydrogen-bond acceptors (Lipinski definition) is 6. The molecule has 7 nitrogen and oxygen atoms in total. The van der Waals surface area contributed by atoms with Gasteiger partial charge in [0.1, 0.15) is 18.0 Å². The largest absolute Gasteiger partial charge is 0.363 e. The molecule has 1 amide bonds. The van der Waals surface area contributed by atoms with Gasteiger partial charge in [0, 0.05) is 12.1 Å². The Labute approximate surface area is 184 Å². The molecule has 2 aromatic rings. The predicted molar refractivity (Wildman–Crippen MR) is 112 cm³/mol. The Morgan fingerprint density at radius 3 is 2.69 bits per heavy atom. The molecule has 0 unspecified atom stereocenters. The van der Waals surface area contributed by atoms with Crippen molar-refractivity contribution in [1.82, 2.24) is 15.3 Å². The minimum atomic E-state index is -2.93. The van der Waals surface area contributed by atoms with Gasteiger partial charge in [-0.3, -0.25) is 4.79 Å². The molecular weight excluding hydrogens is 425 g/mol. The fourth-order valence-corrected chi connectivity index (χ4v) is 3.34. The molecule has 1 aliphatic rings. The Hall–Kier alpha value is -2.98. The lowest BCUT2D eigenvalue weighted by Gasteiger charge is -2.22. The third-order valence-electron chi connectivity index (χ3n) is 4.94. The summed E-state index contributed by atoms with van der Waals surface area (Å²) in [4.78, 5) is 20.8. The van der Waals surface area contributed by atoms with Gasteiger partial charge in [-0.1, -0.05) is 24.3 Å². The van der Waals surface area contributed by atoms with Gasteiger partial charge >= 0.3 is 0 Å². The number of hydrogen-bond donors (Lipinski definition) is 2. The molecule has 1 atom stereocenters. The third-order valence-corrected chi connectivity index (χ3v) is 4.94. The van der Waals surface area contributed by atoms with Crippen molar-refractivity contribution in [3.8, 4) is 0 Å². The van der Waals surface area contributed by atoms with Crippen LogP contribution in [0.1, 0.15) is 54.5 Å². The molecule has 1 aromatic carbocycles. The maximum Gasteiger partial charge on any atom is 0.266 e. The second kappa shape index (κ2) is 11.1. The number of ether oxygens (including phenoxy) is 2. The highest BCUT2D eigenvalue weighted by Gasteiger charge is 2.29. The molecule has 1 aliphatic heterocycles. The number of amides is 1. The first kappa shape index (κ1) is 23.7. The van der Waals surface area contributed by atoms with E-state index in [4.69, 9.17) is 9.47 Å². The molecule has 0 bridgehead atoms. The summed E-state index contributed by atoms with van der Waals surface area (Å²) in [5.41, 5.74) is 0.198. The van der Waals surface area contributed by atoms with E-state index in [-0.39, 0.29) is 23.7 Å². The van der Waals surface area contributed by atoms with Crippen molar-refractivity contribution in [3.63, 3.8) is 0 Å². The van der Waals surface area contributed by atoms with Crippen LogP contribution in [0.25, 0.3) is 0 Å². The highest BCUT2D eigenvalue weighted by Crippen LogP contribution is 2.34. The Bertz CT molecular complexity index is 952. The molecule has 10 heteroatoms. The Morgan fingerprint density at radius 1 is 1.28 bits per heavy atom. The number of nitrogens with one attached hydrogen (secondary N) is 2. The summed E-state index contributed by atoms with van der Waals surface area (Å²) in [7, 11) is 0. The number of rotatable bonds is 10. The molecule has 0 spiro atoms. The van der Waals surface area contributed by atoms with Crippen LogP contribution in [-0.4, -0.2) is 35.6 Å². The van der Waals surface area contributed by atoms with Crippen LogP contribution in [0.3, 0.4) is 0 Å². The topological polar surface area (TPSA) is 85.4 Å². The van der Waals surface area contributed by atoms with Gasteiger partial charge in [0.25, 0.3) is 6.43 Å². The fourth-order valence-electron chi connectivity index (χ4n) is 3.34. The molecular formula is C22H25F3N4O3. The molecule has 2 heterocycles. The standard InChI is InChI=1S/C22H25F3N4O3/c1-3-4-8-26-17(30)11-16-18(22-31-9-10-32-22)21(28-12-27-16)29-13(2)14-6-5-7-15(19(14)23)20(24)25/h3,5-7,12-13,20,22H,1,4,8-11H2,2H3,(H,26,30)(H,27,28,29)/t13-/m1/s1. The van der Waals surface area contributed by atoms with E-state index in [1.165, 1.54) is 18.5 Å². The van der Waals surface area contributed by atoms with Crippen molar-refractivity contribution < 1.29 is 27.4 Å². The molecule has 172 valence electrons. The number of alkyl halides is 2. The second-order valence-electron chi connectivity index (χ2n) is 7.18. The van der Waals surface area contributed by atoms with E-state index in [0.717, 1.165) is 6.07 Å². The molecule has 1 saturated heterocycles. The molecule has 0 aliphatic carbocycles. The van der Waals surface area contributed by atoms with Crippen LogP contribution in [0.5, 0.6) is 0 Å². The first-order chi connectivity index (χ1) is 15.4. The van der Waals surface area contributed by atoms with Gasteiger partial charge in [-0.25, -0.2) is 23.1 Å². The number of anilines is 1. The third kappa shape index (κ3) is 5.63. The van der Waals surface area contributed by atoms with Crippen LogP contribution in [0.15, 0.2) is 37.2 Å². The van der Waals surface area contributed by atoms with Crippen LogP contribution < -0.4 is 10.6 Å². The van der Waals surface area contributed by atoms with Crippen molar-refractivity contribution >= 4 is 11.7 Å². The summed E-state index contributed by atoms with van der Waals surface area (Å²) in [6, 6.07) is 3.14. The first-order valence-electron chi connectivity index (χ1n) is 10.2. The van der Waals surface area contributed by atoms with Crippen molar-refractivity contribution in [1.29, 1.82) is 0 Å². The Balaban J connectivity index is 1.88. The van der Waals surface area contributed by atoms with E-state index in [0.29, 0.717) is 37.4 Å². The minimum Gasteiger partial charge on any atom is -0.363 e. The second-order valence-corrected chi connectivity index (χ2v) is 7.18. The molecule has 3 rings (SSSR count). The van der Waals surface area contributed by atoms with Gasteiger partial charge in [0.15, 0.2) is 6.29 Å². The highest BCUT2D eigenvalue weighted by atomic mass is 19.3. The van der Waals surface area contributed by atoms with E-state index in [9.17, 15) is 18.0 Å². The lowest BCUT2D eigenvalue weighted by Crippen LogP contribution is -2.27. The summed E-state index contributed by atoms with van der Waals surface area (Å²) in [6.45, 7) is 6.38. The van der Waals surface area contributed by atoms with Crippen LogP contribution in [0, 0.1) is 5.82 Å². The van der Waals surface area contributed by atoms with Crippen LogP contribution in [0.2, 0.25) is 0 Å². The Morgan fingerprint density at radius 2 is 2.00 bits per heavy atom. The summed E-state index contributed by atoms with van der Waals surface area (Å²) >= 11 is 0. The zero-order valence-electron chi connectivity index (χ0n) is 17.6. The zero-order chi connectivity index (χ0) is 23.1. The van der Waals surface area contributed by atoms with E-state index < -0.39 is 30.1 Å². The SMILES string of the molecule is C=CCCNC(=O)Cc1ncnc(N[C@H](C)c2cccc(C(F)F)c2F)c1C1OCCO1. The van der Waals surface area contributed by atoms with Gasteiger partial charge in [0.05, 0.1) is 42.5 Å². The maximum absolute atomic E-state index is 14.6. The number of halogens is 3. The molecule has 0 saturated carbocycles. The van der Waals surface area contributed by atoms with E-state index in [1.807, 2.05) is 0 Å². The van der Waals surface area contributed by atoms with Crippen molar-refractivity contribution in [2.45, 2.75) is 38.5 Å². The number of aromatic nitrogens is 2. The molecule has 2 N–H and O–H groups in total. The molecule has 1 aromatic heterocycles. The van der Waals surface area contributed by atoms with E-state index >= 15 is 0 Å². The summed E-state index contributed by atoms with van der Waals surface area (Å²) < 4.78 is 52.0. The zero-order valence-corrected chi connectivity index (χ0v) is 17.6. The van der Waals surface area contributed by atoms with E-state index in [2.05, 4.69) is 27.2 Å². The van der Waals surface area contributed by atoms with Crippen LogP contribution in [-0.2, 0) is 20.7 Å².